The van der Waals surface area contributed by atoms with Crippen LogP contribution in [0, 0.1) is 28.6 Å². The van der Waals surface area contributed by atoms with Crippen molar-refractivity contribution >= 4 is 0 Å². The molecule has 0 aromatic rings. The largest absolute Gasteiger partial charge is 0.393 e. The summed E-state index contributed by atoms with van der Waals surface area (Å²) in [5, 5.41) is 10.1. The molecule has 0 aromatic carbocycles. The van der Waals surface area contributed by atoms with Crippen molar-refractivity contribution in [1.82, 2.24) is 0 Å². The van der Waals surface area contributed by atoms with Gasteiger partial charge in [0.25, 0.3) is 0 Å². The highest BCUT2D eigenvalue weighted by Crippen LogP contribution is 2.65. The van der Waals surface area contributed by atoms with E-state index in [1.165, 1.54) is 37.7 Å². The van der Waals surface area contributed by atoms with Crippen LogP contribution < -0.4 is 0 Å². The first-order chi connectivity index (χ1) is 11.9. The van der Waals surface area contributed by atoms with Gasteiger partial charge in [-0.3, -0.25) is 0 Å². The first kappa shape index (κ1) is 17.6. The zero-order chi connectivity index (χ0) is 17.8. The summed E-state index contributed by atoms with van der Waals surface area (Å²) in [6.07, 6.45) is 17.0. The Kier molecular flexibility index (Phi) is 4.30. The number of allylic oxidation sites excluding steroid dienone is 5. The first-order valence-corrected chi connectivity index (χ1v) is 10.7. The Morgan fingerprint density at radius 1 is 1.12 bits per heavy atom. The van der Waals surface area contributed by atoms with Crippen molar-refractivity contribution in [3.05, 3.63) is 34.9 Å². The molecule has 0 radical (unpaired) electrons. The summed E-state index contributed by atoms with van der Waals surface area (Å²) < 4.78 is 0. The highest BCUT2D eigenvalue weighted by atomic mass is 16.3. The molecule has 0 unspecified atom stereocenters. The van der Waals surface area contributed by atoms with Crippen LogP contribution >= 0.6 is 0 Å². The number of aliphatic hydroxyl groups excluding tert-OH is 1. The molecule has 0 heterocycles. The van der Waals surface area contributed by atoms with Crippen molar-refractivity contribution in [2.75, 3.05) is 0 Å². The van der Waals surface area contributed by atoms with Gasteiger partial charge in [-0.25, -0.2) is 0 Å². The van der Waals surface area contributed by atoms with E-state index in [9.17, 15) is 5.11 Å². The quantitative estimate of drug-likeness (QED) is 0.593. The minimum Gasteiger partial charge on any atom is -0.393 e. The molecular weight excluding hydrogens is 304 g/mol. The van der Waals surface area contributed by atoms with Crippen molar-refractivity contribution in [2.45, 2.75) is 85.2 Å². The molecule has 1 N–H and O–H groups in total. The molecule has 4 rings (SSSR count). The maximum Gasteiger partial charge on any atom is 0.0577 e. The zero-order valence-electron chi connectivity index (χ0n) is 16.6. The molecule has 6 atom stereocenters. The molecule has 25 heavy (non-hydrogen) atoms. The van der Waals surface area contributed by atoms with E-state index >= 15 is 0 Å². The number of fused-ring (bicyclic) bond motifs is 5. The minimum atomic E-state index is -0.0914. The lowest BCUT2D eigenvalue weighted by Gasteiger charge is -2.57. The molecule has 0 aromatic heterocycles. The lowest BCUT2D eigenvalue weighted by molar-refractivity contribution is -0.0288. The van der Waals surface area contributed by atoms with Crippen LogP contribution in [0.25, 0.3) is 0 Å². The average Bonchev–Trinajstić information content (AvgIpc) is 2.93. The average molecular weight is 341 g/mol. The smallest absolute Gasteiger partial charge is 0.0577 e. The third-order valence-electron chi connectivity index (χ3n) is 8.59. The van der Waals surface area contributed by atoms with E-state index in [2.05, 4.69) is 45.9 Å². The van der Waals surface area contributed by atoms with Gasteiger partial charge in [0.05, 0.1) is 6.10 Å². The zero-order valence-corrected chi connectivity index (χ0v) is 16.6. The van der Waals surface area contributed by atoms with Crippen molar-refractivity contribution in [3.63, 3.8) is 0 Å². The number of aliphatic hydroxyl groups is 1. The fourth-order valence-corrected chi connectivity index (χ4v) is 7.24. The van der Waals surface area contributed by atoms with Gasteiger partial charge in [0.1, 0.15) is 0 Å². The standard InChI is InChI=1S/C24H36O/c1-5-6-16(2)20-9-10-21-19-8-7-17-15-18(25)11-13-23(17,3)22(19)12-14-24(20,21)4/h6-7,9,18-19,21-22,25H,5,8,10-15H2,1-4H3/t18-,19-,21-,22-,23-,24+/m0/s1. The molecule has 4 aliphatic carbocycles. The molecule has 0 aliphatic heterocycles. The van der Waals surface area contributed by atoms with Gasteiger partial charge in [-0.2, -0.15) is 0 Å². The molecule has 2 saturated carbocycles. The molecule has 0 amide bonds. The molecule has 0 spiro atoms. The third-order valence-corrected chi connectivity index (χ3v) is 8.59. The van der Waals surface area contributed by atoms with Crippen LogP contribution in [0.15, 0.2) is 34.9 Å². The molecule has 1 heteroatoms. The Morgan fingerprint density at radius 2 is 1.88 bits per heavy atom. The van der Waals surface area contributed by atoms with Crippen LogP contribution in [0.1, 0.15) is 79.1 Å². The lowest BCUT2D eigenvalue weighted by atomic mass is 9.47. The summed E-state index contributed by atoms with van der Waals surface area (Å²) in [5.41, 5.74) is 5.54. The molecule has 4 aliphatic rings. The van der Waals surface area contributed by atoms with Crippen LogP contribution in [0.5, 0.6) is 0 Å². The summed E-state index contributed by atoms with van der Waals surface area (Å²) in [5.74, 6) is 2.50. The second-order valence-electron chi connectivity index (χ2n) is 9.76. The van der Waals surface area contributed by atoms with E-state index in [1.54, 1.807) is 11.1 Å². The summed E-state index contributed by atoms with van der Waals surface area (Å²) in [4.78, 5) is 0. The Balaban J connectivity index is 1.64. The fraction of sp³-hybridized carbons (Fsp3) is 0.750. The van der Waals surface area contributed by atoms with E-state index < -0.39 is 0 Å². The Labute approximate surface area is 154 Å². The van der Waals surface area contributed by atoms with Gasteiger partial charge < -0.3 is 5.11 Å². The van der Waals surface area contributed by atoms with Gasteiger partial charge in [-0.05, 0) is 92.4 Å². The Morgan fingerprint density at radius 3 is 2.64 bits per heavy atom. The Hall–Kier alpha value is -0.820. The van der Waals surface area contributed by atoms with Crippen LogP contribution in [-0.4, -0.2) is 11.2 Å². The van der Waals surface area contributed by atoms with Crippen LogP contribution in [-0.2, 0) is 0 Å². The molecule has 0 bridgehead atoms. The van der Waals surface area contributed by atoms with Gasteiger partial charge in [-0.1, -0.05) is 50.1 Å². The van der Waals surface area contributed by atoms with Crippen molar-refractivity contribution in [2.24, 2.45) is 28.6 Å². The maximum atomic E-state index is 10.1. The van der Waals surface area contributed by atoms with Gasteiger partial charge in [-0.15, -0.1) is 0 Å². The normalized spacial score (nSPS) is 46.7. The van der Waals surface area contributed by atoms with Gasteiger partial charge in [0.2, 0.25) is 0 Å². The predicted octanol–water partition coefficient (Wildman–Crippen LogP) is 6.20. The third kappa shape index (κ3) is 2.52. The molecule has 1 nitrogen and oxygen atoms in total. The van der Waals surface area contributed by atoms with Crippen LogP contribution in [0.4, 0.5) is 0 Å². The second-order valence-corrected chi connectivity index (χ2v) is 9.76. The monoisotopic (exact) mass is 340 g/mol. The highest BCUT2D eigenvalue weighted by molar-refractivity contribution is 5.41. The minimum absolute atomic E-state index is 0.0914. The molecule has 0 saturated heterocycles. The second kappa shape index (κ2) is 6.12. The first-order valence-electron chi connectivity index (χ1n) is 10.7. The SMILES string of the molecule is CCC=C(C)C1=CC[C@H]2[C@@H]3CC=C4C[C@@H](O)CC[C@]4(C)[C@H]3CC[C@]12C. The molecule has 138 valence electrons. The lowest BCUT2D eigenvalue weighted by Crippen LogP contribution is -2.50. The van der Waals surface area contributed by atoms with Gasteiger partial charge in [0.15, 0.2) is 0 Å². The van der Waals surface area contributed by atoms with Crippen LogP contribution in [0.3, 0.4) is 0 Å². The predicted molar refractivity (Wildman–Crippen MR) is 105 cm³/mol. The summed E-state index contributed by atoms with van der Waals surface area (Å²) in [7, 11) is 0. The number of rotatable bonds is 2. The maximum absolute atomic E-state index is 10.1. The van der Waals surface area contributed by atoms with Crippen molar-refractivity contribution in [3.8, 4) is 0 Å². The van der Waals surface area contributed by atoms with Crippen LogP contribution in [0.2, 0.25) is 0 Å². The summed E-state index contributed by atoms with van der Waals surface area (Å²) in [6, 6.07) is 0. The fourth-order valence-electron chi connectivity index (χ4n) is 7.24. The summed E-state index contributed by atoms with van der Waals surface area (Å²) >= 11 is 0. The van der Waals surface area contributed by atoms with E-state index in [4.69, 9.17) is 0 Å². The van der Waals surface area contributed by atoms with Gasteiger partial charge >= 0.3 is 0 Å². The number of hydrogen-bond donors (Lipinski definition) is 1. The highest BCUT2D eigenvalue weighted by Gasteiger charge is 2.56. The number of hydrogen-bond acceptors (Lipinski definition) is 1. The van der Waals surface area contributed by atoms with E-state index in [0.717, 1.165) is 37.0 Å². The van der Waals surface area contributed by atoms with E-state index in [-0.39, 0.29) is 6.10 Å². The summed E-state index contributed by atoms with van der Waals surface area (Å²) in [6.45, 7) is 9.67. The molecular formula is C24H36O. The van der Waals surface area contributed by atoms with Crippen molar-refractivity contribution in [1.29, 1.82) is 0 Å². The van der Waals surface area contributed by atoms with E-state index in [1.807, 2.05) is 0 Å². The molecule has 2 fully saturated rings. The van der Waals surface area contributed by atoms with Crippen molar-refractivity contribution < 1.29 is 5.11 Å². The topological polar surface area (TPSA) is 20.2 Å². The van der Waals surface area contributed by atoms with E-state index in [0.29, 0.717) is 10.8 Å². The van der Waals surface area contributed by atoms with Gasteiger partial charge in [0, 0.05) is 0 Å². The Bertz CT molecular complexity index is 638.